The van der Waals surface area contributed by atoms with Gasteiger partial charge in [0.15, 0.2) is 0 Å². The summed E-state index contributed by atoms with van der Waals surface area (Å²) in [5.74, 6) is -0.319. The van der Waals surface area contributed by atoms with E-state index < -0.39 is 21.0 Å². The normalized spacial score (nSPS) is 24.3. The van der Waals surface area contributed by atoms with Gasteiger partial charge in [0.25, 0.3) is 0 Å². The summed E-state index contributed by atoms with van der Waals surface area (Å²) in [6, 6.07) is 13.0. The van der Waals surface area contributed by atoms with Crippen molar-refractivity contribution in [2.75, 3.05) is 0 Å². The van der Waals surface area contributed by atoms with Gasteiger partial charge in [0.1, 0.15) is 5.82 Å². The van der Waals surface area contributed by atoms with Crippen molar-refractivity contribution in [2.45, 2.75) is 49.5 Å². The van der Waals surface area contributed by atoms with Crippen molar-refractivity contribution in [3.63, 3.8) is 0 Å². The third-order valence-electron chi connectivity index (χ3n) is 7.42. The van der Waals surface area contributed by atoms with E-state index in [9.17, 15) is 17.9 Å². The second kappa shape index (κ2) is 7.62. The number of sulfonamides is 1. The van der Waals surface area contributed by atoms with Gasteiger partial charge in [-0.25, -0.2) is 22.6 Å². The van der Waals surface area contributed by atoms with Gasteiger partial charge in [0.2, 0.25) is 10.0 Å². The van der Waals surface area contributed by atoms with E-state index in [1.807, 2.05) is 6.07 Å². The lowest BCUT2D eigenvalue weighted by molar-refractivity contribution is -0.0462. The van der Waals surface area contributed by atoms with E-state index >= 15 is 0 Å². The van der Waals surface area contributed by atoms with Gasteiger partial charge < -0.3 is 5.11 Å². The number of fused-ring (bicyclic) bond motifs is 2. The highest BCUT2D eigenvalue weighted by Gasteiger charge is 2.54. The van der Waals surface area contributed by atoms with Gasteiger partial charge in [0, 0.05) is 5.41 Å². The van der Waals surface area contributed by atoms with E-state index in [-0.39, 0.29) is 10.7 Å². The van der Waals surface area contributed by atoms with Crippen LogP contribution in [-0.4, -0.2) is 28.9 Å². The van der Waals surface area contributed by atoms with Crippen LogP contribution in [0.15, 0.2) is 65.2 Å². The zero-order valence-electron chi connectivity index (χ0n) is 18.3. The first-order valence-corrected chi connectivity index (χ1v) is 12.5. The number of halogens is 1. The zero-order chi connectivity index (χ0) is 23.4. The van der Waals surface area contributed by atoms with Gasteiger partial charge in [-0.3, -0.25) is 0 Å². The van der Waals surface area contributed by atoms with Crippen molar-refractivity contribution in [1.82, 2.24) is 9.78 Å². The lowest BCUT2D eigenvalue weighted by Crippen LogP contribution is -2.45. The van der Waals surface area contributed by atoms with Gasteiger partial charge in [0.05, 0.1) is 28.1 Å². The first-order chi connectivity index (χ1) is 15.6. The number of aliphatic hydroxyl groups is 1. The maximum atomic E-state index is 13.8. The van der Waals surface area contributed by atoms with Crippen LogP contribution in [0.5, 0.6) is 0 Å². The van der Waals surface area contributed by atoms with Crippen LogP contribution in [0.25, 0.3) is 11.8 Å². The molecule has 3 aromatic rings. The highest BCUT2D eigenvalue weighted by molar-refractivity contribution is 7.89. The van der Waals surface area contributed by atoms with E-state index in [0.29, 0.717) is 36.9 Å². The van der Waals surface area contributed by atoms with Crippen LogP contribution in [0.1, 0.15) is 43.0 Å². The van der Waals surface area contributed by atoms with Gasteiger partial charge >= 0.3 is 0 Å². The second-order valence-electron chi connectivity index (χ2n) is 9.31. The van der Waals surface area contributed by atoms with Crippen LogP contribution < -0.4 is 5.14 Å². The maximum absolute atomic E-state index is 13.8. The first-order valence-electron chi connectivity index (χ1n) is 11.0. The van der Waals surface area contributed by atoms with Gasteiger partial charge in [-0.05, 0) is 73.6 Å². The minimum atomic E-state index is -3.83. The van der Waals surface area contributed by atoms with Crippen molar-refractivity contribution in [3.05, 3.63) is 82.9 Å². The molecule has 0 amide bonds. The average molecular weight is 468 g/mol. The lowest BCUT2D eigenvalue weighted by Gasteiger charge is -2.42. The number of benzene rings is 2. The zero-order valence-corrected chi connectivity index (χ0v) is 19.1. The molecule has 2 aliphatic carbocycles. The molecule has 6 nitrogen and oxygen atoms in total. The summed E-state index contributed by atoms with van der Waals surface area (Å²) in [6.45, 7) is 2.07. The fourth-order valence-electron chi connectivity index (χ4n) is 5.47. The molecule has 1 aromatic heterocycles. The van der Waals surface area contributed by atoms with E-state index in [2.05, 4.69) is 18.1 Å². The third kappa shape index (κ3) is 3.62. The molecule has 0 aliphatic heterocycles. The molecule has 0 bridgehead atoms. The number of aromatic nitrogens is 2. The summed E-state index contributed by atoms with van der Waals surface area (Å²) >= 11 is 0. The molecule has 0 unspecified atom stereocenters. The van der Waals surface area contributed by atoms with E-state index in [4.69, 9.17) is 5.14 Å². The summed E-state index contributed by atoms with van der Waals surface area (Å²) < 4.78 is 39.4. The number of nitrogens with two attached hydrogens (primary N) is 1. The molecule has 0 spiro atoms. The Bertz CT molecular complexity index is 1380. The maximum Gasteiger partial charge on any atom is 0.238 e. The molecule has 0 saturated heterocycles. The lowest BCUT2D eigenvalue weighted by atomic mass is 9.65. The van der Waals surface area contributed by atoms with E-state index in [1.165, 1.54) is 18.2 Å². The van der Waals surface area contributed by atoms with Crippen LogP contribution in [0.2, 0.25) is 0 Å². The van der Waals surface area contributed by atoms with Crippen molar-refractivity contribution in [2.24, 2.45) is 10.6 Å². The quantitative estimate of drug-likeness (QED) is 0.597. The molecule has 2 aromatic carbocycles. The van der Waals surface area contributed by atoms with E-state index in [1.54, 1.807) is 35.1 Å². The topological polar surface area (TPSA) is 98.2 Å². The third-order valence-corrected chi connectivity index (χ3v) is 8.44. The Labute approximate surface area is 192 Å². The van der Waals surface area contributed by atoms with Crippen LogP contribution in [0, 0.1) is 11.2 Å². The highest BCUT2D eigenvalue weighted by Crippen LogP contribution is 2.56. The molecule has 2 atom stereocenters. The Balaban J connectivity index is 1.45. The van der Waals surface area contributed by atoms with Crippen molar-refractivity contribution < 1.29 is 17.9 Å². The summed E-state index contributed by atoms with van der Waals surface area (Å²) in [7, 11) is -3.83. The number of nitrogens with zero attached hydrogens (tertiary/aromatic N) is 2. The molecule has 172 valence electrons. The molecule has 5 rings (SSSR count). The number of primary sulfonamides is 1. The van der Waals surface area contributed by atoms with Crippen molar-refractivity contribution in [1.29, 1.82) is 0 Å². The molecule has 8 heteroatoms. The van der Waals surface area contributed by atoms with Gasteiger partial charge in [-0.1, -0.05) is 36.8 Å². The molecule has 1 heterocycles. The molecule has 33 heavy (non-hydrogen) atoms. The summed E-state index contributed by atoms with van der Waals surface area (Å²) in [5.41, 5.74) is 2.83. The minimum absolute atomic E-state index is 0.106. The SMILES string of the molecule is C[C@]12Cc3cnn(-c4cccc(F)c4)c3C=C1CC[C@@]2(O)CCc1ccccc1S(N)(=O)=O. The Morgan fingerprint density at radius 2 is 2.00 bits per heavy atom. The minimum Gasteiger partial charge on any atom is -0.389 e. The number of rotatable bonds is 5. The summed E-state index contributed by atoms with van der Waals surface area (Å²) in [4.78, 5) is 0.106. The van der Waals surface area contributed by atoms with E-state index in [0.717, 1.165) is 23.3 Å². The average Bonchev–Trinajstić information content (AvgIpc) is 3.28. The monoisotopic (exact) mass is 467 g/mol. The number of hydrogen-bond donors (Lipinski definition) is 2. The molecule has 0 radical (unpaired) electrons. The van der Waals surface area contributed by atoms with Crippen LogP contribution >= 0.6 is 0 Å². The molecule has 2 aliphatic rings. The van der Waals surface area contributed by atoms with Crippen LogP contribution in [-0.2, 0) is 22.9 Å². The van der Waals surface area contributed by atoms with Crippen molar-refractivity contribution in [3.8, 4) is 5.69 Å². The van der Waals surface area contributed by atoms with Gasteiger partial charge in [-0.2, -0.15) is 5.10 Å². The molecular weight excluding hydrogens is 441 g/mol. The molecule has 1 saturated carbocycles. The predicted molar refractivity (Wildman–Crippen MR) is 124 cm³/mol. The van der Waals surface area contributed by atoms with Crippen LogP contribution in [0.4, 0.5) is 4.39 Å². The fourth-order valence-corrected chi connectivity index (χ4v) is 6.28. The van der Waals surface area contributed by atoms with Crippen LogP contribution in [0.3, 0.4) is 0 Å². The van der Waals surface area contributed by atoms with Gasteiger partial charge in [-0.15, -0.1) is 0 Å². The Hall–Kier alpha value is -2.81. The summed E-state index contributed by atoms with van der Waals surface area (Å²) in [6.07, 6.45) is 6.61. The van der Waals surface area contributed by atoms with Crippen molar-refractivity contribution >= 4 is 16.1 Å². The Kier molecular flexibility index (Phi) is 5.08. The Morgan fingerprint density at radius 1 is 1.21 bits per heavy atom. The molecule has 1 fully saturated rings. The first kappa shape index (κ1) is 22.0. The number of aryl methyl sites for hydroxylation is 1. The molecular formula is C25H26FN3O3S. The predicted octanol–water partition coefficient (Wildman–Crippen LogP) is 3.76. The Morgan fingerprint density at radius 3 is 2.76 bits per heavy atom. The smallest absolute Gasteiger partial charge is 0.238 e. The molecule has 3 N–H and O–H groups in total. The highest BCUT2D eigenvalue weighted by atomic mass is 32.2. The largest absolute Gasteiger partial charge is 0.389 e. The second-order valence-corrected chi connectivity index (χ2v) is 10.8. The summed E-state index contributed by atoms with van der Waals surface area (Å²) in [5, 5.41) is 21.7. The standard InChI is InChI=1S/C25H26FN3O3S/c1-24-15-18-16-28-29(21-7-4-6-20(26)14-21)22(18)13-19(24)10-12-25(24,30)11-9-17-5-2-3-8-23(17)33(27,31)32/h2-8,13-14,16,30H,9-12,15H2,1H3,(H2,27,31,32)/t24-,25-/m0/s1. The fraction of sp³-hybridized carbons (Fsp3) is 0.320. The number of hydrogen-bond acceptors (Lipinski definition) is 4.